The van der Waals surface area contributed by atoms with Crippen LogP contribution in [-0.2, 0) is 4.79 Å². The lowest BCUT2D eigenvalue weighted by Gasteiger charge is -2.11. The fourth-order valence-corrected chi connectivity index (χ4v) is 3.18. The van der Waals surface area contributed by atoms with Crippen LogP contribution in [0.15, 0.2) is 59.5 Å². The van der Waals surface area contributed by atoms with Gasteiger partial charge in [0.2, 0.25) is 0 Å². The number of nitro groups is 1. The van der Waals surface area contributed by atoms with E-state index in [1.165, 1.54) is 30.3 Å². The van der Waals surface area contributed by atoms with Gasteiger partial charge in [-0.1, -0.05) is 30.3 Å². The lowest BCUT2D eigenvalue weighted by Crippen LogP contribution is -2.33. The van der Waals surface area contributed by atoms with Crippen LogP contribution < -0.4 is 0 Å². The Morgan fingerprint density at radius 1 is 1.08 bits per heavy atom. The predicted octanol–water partition coefficient (Wildman–Crippen LogP) is 3.51. The molecule has 3 rings (SSSR count). The van der Waals surface area contributed by atoms with Gasteiger partial charge in [0.15, 0.2) is 5.78 Å². The summed E-state index contributed by atoms with van der Waals surface area (Å²) in [6, 6.07) is 14.0. The third kappa shape index (κ3) is 3.70. The van der Waals surface area contributed by atoms with Gasteiger partial charge in [-0.25, -0.2) is 0 Å². The van der Waals surface area contributed by atoms with E-state index < -0.39 is 16.1 Å². The maximum Gasteiger partial charge on any atom is 0.293 e. The number of benzene rings is 2. The van der Waals surface area contributed by atoms with E-state index in [1.807, 2.05) is 0 Å². The Morgan fingerprint density at radius 3 is 2.35 bits per heavy atom. The minimum absolute atomic E-state index is 0.0660. The van der Waals surface area contributed by atoms with Gasteiger partial charge in [0, 0.05) is 17.7 Å². The number of nitrogens with zero attached hydrogens (tertiary/aromatic N) is 2. The van der Waals surface area contributed by atoms with Gasteiger partial charge in [0.25, 0.3) is 16.8 Å². The first kappa shape index (κ1) is 17.6. The van der Waals surface area contributed by atoms with Crippen LogP contribution in [-0.4, -0.2) is 33.3 Å². The van der Waals surface area contributed by atoms with Crippen molar-refractivity contribution < 1.29 is 19.3 Å². The van der Waals surface area contributed by atoms with Gasteiger partial charge in [-0.15, -0.1) is 0 Å². The van der Waals surface area contributed by atoms with Crippen molar-refractivity contribution in [2.24, 2.45) is 0 Å². The summed E-state index contributed by atoms with van der Waals surface area (Å²) in [4.78, 5) is 47.9. The van der Waals surface area contributed by atoms with Gasteiger partial charge in [-0.2, -0.15) is 0 Å². The van der Waals surface area contributed by atoms with E-state index in [-0.39, 0.29) is 22.9 Å². The Morgan fingerprint density at radius 2 is 1.73 bits per heavy atom. The predicted molar refractivity (Wildman–Crippen MR) is 96.5 cm³/mol. The van der Waals surface area contributed by atoms with Gasteiger partial charge in [0.05, 0.1) is 16.4 Å². The third-order valence-electron chi connectivity index (χ3n) is 3.67. The summed E-state index contributed by atoms with van der Waals surface area (Å²) < 4.78 is 0. The van der Waals surface area contributed by atoms with Crippen molar-refractivity contribution in [1.29, 1.82) is 0 Å². The summed E-state index contributed by atoms with van der Waals surface area (Å²) in [5.41, 5.74) is 0.907. The standard InChI is InChI=1S/C18H12N2O5S/c21-15(13-4-2-1-3-5-13)11-19-17(22)16(26-18(19)23)10-12-6-8-14(9-7-12)20(24)25/h1-10H,11H2/b16-10+. The highest BCUT2D eigenvalue weighted by atomic mass is 32.2. The molecule has 8 heteroatoms. The lowest BCUT2D eigenvalue weighted by atomic mass is 10.1. The highest BCUT2D eigenvalue weighted by molar-refractivity contribution is 8.18. The van der Waals surface area contributed by atoms with E-state index in [2.05, 4.69) is 0 Å². The molecule has 0 radical (unpaired) electrons. The lowest BCUT2D eigenvalue weighted by molar-refractivity contribution is -0.384. The number of Topliss-reactive ketones (excluding diaryl/α,β-unsaturated/α-hetero) is 1. The maximum absolute atomic E-state index is 12.4. The number of carbonyl (C=O) groups excluding carboxylic acids is 3. The number of thioether (sulfide) groups is 1. The largest absolute Gasteiger partial charge is 0.293 e. The summed E-state index contributed by atoms with van der Waals surface area (Å²) in [5, 5.41) is 10.1. The highest BCUT2D eigenvalue weighted by Gasteiger charge is 2.36. The van der Waals surface area contributed by atoms with Crippen LogP contribution in [0.2, 0.25) is 0 Å². The van der Waals surface area contributed by atoms with Gasteiger partial charge >= 0.3 is 0 Å². The average Bonchev–Trinajstić information content (AvgIpc) is 2.90. The minimum atomic E-state index is -0.553. The molecule has 0 saturated carbocycles. The van der Waals surface area contributed by atoms with Crippen molar-refractivity contribution in [3.05, 3.63) is 80.7 Å². The van der Waals surface area contributed by atoms with E-state index in [1.54, 1.807) is 30.3 Å². The van der Waals surface area contributed by atoms with E-state index in [4.69, 9.17) is 0 Å². The number of amides is 2. The first-order chi connectivity index (χ1) is 12.5. The van der Waals surface area contributed by atoms with E-state index in [0.29, 0.717) is 11.1 Å². The zero-order valence-corrected chi connectivity index (χ0v) is 14.1. The molecule has 1 aliphatic heterocycles. The van der Waals surface area contributed by atoms with Crippen molar-refractivity contribution in [2.75, 3.05) is 6.54 Å². The molecule has 0 aromatic heterocycles. The molecule has 26 heavy (non-hydrogen) atoms. The molecular weight excluding hydrogens is 356 g/mol. The number of nitro benzene ring substituents is 1. The van der Waals surface area contributed by atoms with Crippen molar-refractivity contribution in [2.45, 2.75) is 0 Å². The van der Waals surface area contributed by atoms with Crippen molar-refractivity contribution >= 4 is 40.5 Å². The fourth-order valence-electron chi connectivity index (χ4n) is 2.34. The van der Waals surface area contributed by atoms with Crippen LogP contribution in [0, 0.1) is 10.1 Å². The van der Waals surface area contributed by atoms with Gasteiger partial charge in [0.1, 0.15) is 0 Å². The average molecular weight is 368 g/mol. The quantitative estimate of drug-likeness (QED) is 0.347. The molecule has 7 nitrogen and oxygen atoms in total. The molecule has 0 bridgehead atoms. The van der Waals surface area contributed by atoms with E-state index in [9.17, 15) is 24.5 Å². The molecule has 0 unspecified atom stereocenters. The van der Waals surface area contributed by atoms with Crippen LogP contribution >= 0.6 is 11.8 Å². The Balaban J connectivity index is 1.76. The second kappa shape index (κ2) is 7.32. The SMILES string of the molecule is O=C(CN1C(=O)S/C(=C/c2ccc([N+](=O)[O-])cc2)C1=O)c1ccccc1. The van der Waals surface area contributed by atoms with Crippen molar-refractivity contribution in [1.82, 2.24) is 4.90 Å². The molecule has 1 heterocycles. The number of hydrogen-bond acceptors (Lipinski definition) is 6. The molecule has 2 aromatic rings. The number of ketones is 1. The molecule has 130 valence electrons. The van der Waals surface area contributed by atoms with Crippen LogP contribution in [0.1, 0.15) is 15.9 Å². The Kier molecular flexibility index (Phi) is 4.94. The summed E-state index contributed by atoms with van der Waals surface area (Å²) in [7, 11) is 0. The number of carbonyl (C=O) groups is 3. The zero-order valence-electron chi connectivity index (χ0n) is 13.3. The molecule has 0 atom stereocenters. The van der Waals surface area contributed by atoms with Crippen LogP contribution in [0.3, 0.4) is 0 Å². The topological polar surface area (TPSA) is 97.6 Å². The van der Waals surface area contributed by atoms with Crippen LogP contribution in [0.4, 0.5) is 10.5 Å². The van der Waals surface area contributed by atoms with E-state index >= 15 is 0 Å². The molecule has 1 aliphatic rings. The van der Waals surface area contributed by atoms with E-state index in [0.717, 1.165) is 16.7 Å². The molecule has 1 fully saturated rings. The van der Waals surface area contributed by atoms with Gasteiger partial charge in [-0.3, -0.25) is 29.4 Å². The number of non-ortho nitro benzene ring substituents is 1. The third-order valence-corrected chi connectivity index (χ3v) is 4.58. The number of rotatable bonds is 5. The first-order valence-electron chi connectivity index (χ1n) is 7.54. The molecular formula is C18H12N2O5S. The summed E-state index contributed by atoms with van der Waals surface area (Å²) in [5.74, 6) is -0.882. The Labute approximate surface area is 152 Å². The van der Waals surface area contributed by atoms with Crippen molar-refractivity contribution in [3.8, 4) is 0 Å². The molecule has 0 aliphatic carbocycles. The zero-order chi connectivity index (χ0) is 18.7. The second-order valence-corrected chi connectivity index (χ2v) is 6.40. The Hall–Kier alpha value is -3.26. The molecule has 2 aromatic carbocycles. The summed E-state index contributed by atoms with van der Waals surface area (Å²) in [6.07, 6.45) is 1.47. The number of hydrogen-bond donors (Lipinski definition) is 0. The monoisotopic (exact) mass is 368 g/mol. The molecule has 1 saturated heterocycles. The Bertz CT molecular complexity index is 922. The normalized spacial score (nSPS) is 15.5. The maximum atomic E-state index is 12.4. The second-order valence-electron chi connectivity index (χ2n) is 5.41. The fraction of sp³-hybridized carbons (Fsp3) is 0.0556. The smallest absolute Gasteiger partial charge is 0.292 e. The molecule has 2 amide bonds. The van der Waals surface area contributed by atoms with Crippen LogP contribution in [0.25, 0.3) is 6.08 Å². The van der Waals surface area contributed by atoms with Crippen molar-refractivity contribution in [3.63, 3.8) is 0 Å². The first-order valence-corrected chi connectivity index (χ1v) is 8.35. The van der Waals surface area contributed by atoms with Gasteiger partial charge in [-0.05, 0) is 35.5 Å². The molecule has 0 spiro atoms. The highest BCUT2D eigenvalue weighted by Crippen LogP contribution is 2.32. The van der Waals surface area contributed by atoms with Gasteiger partial charge < -0.3 is 0 Å². The summed E-state index contributed by atoms with van der Waals surface area (Å²) >= 11 is 0.737. The summed E-state index contributed by atoms with van der Waals surface area (Å²) in [6.45, 7) is -0.327. The minimum Gasteiger partial charge on any atom is -0.292 e. The van der Waals surface area contributed by atoms with Crippen LogP contribution in [0.5, 0.6) is 0 Å². The molecule has 0 N–H and O–H groups in total. The number of imide groups is 1.